The van der Waals surface area contributed by atoms with Gasteiger partial charge in [-0.15, -0.1) is 0 Å². The molecule has 1 fully saturated rings. The van der Waals surface area contributed by atoms with Crippen molar-refractivity contribution in [2.75, 3.05) is 20.1 Å². The number of ether oxygens (including phenoxy) is 1. The van der Waals surface area contributed by atoms with E-state index in [1.807, 2.05) is 39.0 Å². The molecule has 1 amide bonds. The van der Waals surface area contributed by atoms with Crippen molar-refractivity contribution in [1.29, 1.82) is 0 Å². The number of carbonyl (C=O) groups is 1. The van der Waals surface area contributed by atoms with Crippen LogP contribution in [0, 0.1) is 5.92 Å². The second-order valence-electron chi connectivity index (χ2n) is 7.85. The zero-order valence-corrected chi connectivity index (χ0v) is 16.4. The van der Waals surface area contributed by atoms with Gasteiger partial charge in [0.25, 0.3) is 0 Å². The number of nitrogens with two attached hydrogens (primary N) is 1. The average Bonchev–Trinajstić information content (AvgIpc) is 2.55. The first kappa shape index (κ1) is 20.1. The molecule has 26 heavy (non-hydrogen) atoms. The molecule has 0 aromatic heterocycles. The molecule has 1 heterocycles. The minimum Gasteiger partial charge on any atom is -0.488 e. The van der Waals surface area contributed by atoms with Crippen LogP contribution < -0.4 is 15.8 Å². The van der Waals surface area contributed by atoms with E-state index in [4.69, 9.17) is 10.5 Å². The van der Waals surface area contributed by atoms with Crippen LogP contribution in [-0.4, -0.2) is 42.5 Å². The van der Waals surface area contributed by atoms with Gasteiger partial charge in [0, 0.05) is 38.7 Å². The number of guanidine groups is 1. The molecule has 1 aromatic carbocycles. The number of amides is 1. The van der Waals surface area contributed by atoms with Crippen molar-refractivity contribution in [2.24, 2.45) is 16.6 Å². The lowest BCUT2D eigenvalue weighted by molar-refractivity contribution is -0.119. The molecule has 1 aliphatic heterocycles. The van der Waals surface area contributed by atoms with Crippen molar-refractivity contribution in [2.45, 2.75) is 52.2 Å². The smallest absolute Gasteiger partial charge is 0.217 e. The number of piperidine rings is 1. The van der Waals surface area contributed by atoms with Crippen LogP contribution in [-0.2, 0) is 11.3 Å². The molecule has 1 saturated heterocycles. The largest absolute Gasteiger partial charge is 0.488 e. The molecule has 1 aromatic rings. The van der Waals surface area contributed by atoms with Crippen LogP contribution in [0.15, 0.2) is 29.3 Å². The number of hydrogen-bond acceptors (Lipinski definition) is 3. The Morgan fingerprint density at radius 2 is 2.12 bits per heavy atom. The third-order valence-electron chi connectivity index (χ3n) is 4.35. The summed E-state index contributed by atoms with van der Waals surface area (Å²) >= 11 is 0. The molecule has 0 spiro atoms. The van der Waals surface area contributed by atoms with Gasteiger partial charge in [0.1, 0.15) is 11.4 Å². The summed E-state index contributed by atoms with van der Waals surface area (Å²) in [4.78, 5) is 17.9. The Morgan fingerprint density at radius 1 is 1.38 bits per heavy atom. The number of aliphatic imine (C=N–C) groups is 1. The van der Waals surface area contributed by atoms with Gasteiger partial charge in [0.05, 0.1) is 0 Å². The SMILES string of the molecule is CN=C(NCc1ccccc1OC(C)(C)C)N1CCCC(CC(N)=O)C1. The monoisotopic (exact) mass is 360 g/mol. The van der Waals surface area contributed by atoms with Gasteiger partial charge in [0.2, 0.25) is 5.91 Å². The Hall–Kier alpha value is -2.24. The number of carbonyl (C=O) groups excluding carboxylic acids is 1. The maximum absolute atomic E-state index is 11.2. The number of hydrogen-bond donors (Lipinski definition) is 2. The fourth-order valence-electron chi connectivity index (χ4n) is 3.29. The van der Waals surface area contributed by atoms with E-state index >= 15 is 0 Å². The van der Waals surface area contributed by atoms with E-state index in [1.54, 1.807) is 7.05 Å². The normalized spacial score (nSPS) is 18.5. The third-order valence-corrected chi connectivity index (χ3v) is 4.35. The number of likely N-dealkylation sites (tertiary alicyclic amines) is 1. The second kappa shape index (κ2) is 8.92. The molecular formula is C20H32N4O2. The first-order valence-electron chi connectivity index (χ1n) is 9.29. The summed E-state index contributed by atoms with van der Waals surface area (Å²) < 4.78 is 6.06. The predicted molar refractivity (Wildman–Crippen MR) is 105 cm³/mol. The fourth-order valence-corrected chi connectivity index (χ4v) is 3.29. The van der Waals surface area contributed by atoms with E-state index in [9.17, 15) is 4.79 Å². The maximum Gasteiger partial charge on any atom is 0.217 e. The molecule has 1 atom stereocenters. The summed E-state index contributed by atoms with van der Waals surface area (Å²) in [6, 6.07) is 8.06. The van der Waals surface area contributed by atoms with E-state index < -0.39 is 0 Å². The zero-order valence-electron chi connectivity index (χ0n) is 16.4. The molecule has 3 N–H and O–H groups in total. The van der Waals surface area contributed by atoms with Crippen molar-refractivity contribution in [3.05, 3.63) is 29.8 Å². The van der Waals surface area contributed by atoms with E-state index in [-0.39, 0.29) is 11.5 Å². The van der Waals surface area contributed by atoms with Crippen LogP contribution >= 0.6 is 0 Å². The molecule has 0 bridgehead atoms. The van der Waals surface area contributed by atoms with Crippen LogP contribution in [0.1, 0.15) is 45.6 Å². The van der Waals surface area contributed by atoms with Crippen molar-refractivity contribution in [3.63, 3.8) is 0 Å². The molecule has 1 unspecified atom stereocenters. The van der Waals surface area contributed by atoms with Crippen LogP contribution in [0.4, 0.5) is 0 Å². The molecule has 2 rings (SSSR count). The topological polar surface area (TPSA) is 80.0 Å². The van der Waals surface area contributed by atoms with E-state index in [1.165, 1.54) is 0 Å². The molecule has 0 radical (unpaired) electrons. The Balaban J connectivity index is 2.00. The summed E-state index contributed by atoms with van der Waals surface area (Å²) in [6.45, 7) is 8.52. The van der Waals surface area contributed by atoms with Crippen molar-refractivity contribution < 1.29 is 9.53 Å². The van der Waals surface area contributed by atoms with Crippen molar-refractivity contribution >= 4 is 11.9 Å². The molecule has 1 aliphatic rings. The molecular weight excluding hydrogens is 328 g/mol. The number of nitrogens with one attached hydrogen (secondary N) is 1. The first-order chi connectivity index (χ1) is 12.3. The highest BCUT2D eigenvalue weighted by Crippen LogP contribution is 2.23. The number of rotatable bonds is 5. The lowest BCUT2D eigenvalue weighted by Gasteiger charge is -2.34. The van der Waals surface area contributed by atoms with E-state index in [0.29, 0.717) is 18.9 Å². The number of nitrogens with zero attached hydrogens (tertiary/aromatic N) is 2. The molecule has 144 valence electrons. The molecule has 0 aliphatic carbocycles. The highest BCUT2D eigenvalue weighted by molar-refractivity contribution is 5.80. The van der Waals surface area contributed by atoms with Gasteiger partial charge in [-0.3, -0.25) is 9.79 Å². The van der Waals surface area contributed by atoms with Gasteiger partial charge in [-0.25, -0.2) is 0 Å². The lowest BCUT2D eigenvalue weighted by Crippen LogP contribution is -2.47. The lowest BCUT2D eigenvalue weighted by atomic mass is 9.95. The van der Waals surface area contributed by atoms with Crippen molar-refractivity contribution in [1.82, 2.24) is 10.2 Å². The van der Waals surface area contributed by atoms with Crippen LogP contribution in [0.5, 0.6) is 5.75 Å². The standard InChI is InChI=1S/C20H32N4O2/c1-20(2,3)26-17-10-6-5-9-16(17)13-23-19(22-4)24-11-7-8-15(14-24)12-18(21)25/h5-6,9-10,15H,7-8,11-14H2,1-4H3,(H2,21,25)(H,22,23). The Kier molecular flexibility index (Phi) is 6.89. The minimum absolute atomic E-state index is 0.229. The summed E-state index contributed by atoms with van der Waals surface area (Å²) in [7, 11) is 1.79. The van der Waals surface area contributed by atoms with Crippen LogP contribution in [0.2, 0.25) is 0 Å². The Morgan fingerprint density at radius 3 is 2.77 bits per heavy atom. The molecule has 0 saturated carbocycles. The van der Waals surface area contributed by atoms with Gasteiger partial charge in [0.15, 0.2) is 5.96 Å². The quantitative estimate of drug-likeness (QED) is 0.625. The van der Waals surface area contributed by atoms with Gasteiger partial charge < -0.3 is 20.7 Å². The van der Waals surface area contributed by atoms with Crippen LogP contribution in [0.25, 0.3) is 0 Å². The molecule has 6 heteroatoms. The summed E-state index contributed by atoms with van der Waals surface area (Å²) in [5.74, 6) is 1.81. The Labute approximate surface area is 156 Å². The number of benzene rings is 1. The number of para-hydroxylation sites is 1. The number of primary amides is 1. The van der Waals surface area contributed by atoms with Crippen molar-refractivity contribution in [3.8, 4) is 5.75 Å². The average molecular weight is 361 g/mol. The van der Waals surface area contributed by atoms with Gasteiger partial charge in [-0.1, -0.05) is 18.2 Å². The summed E-state index contributed by atoms with van der Waals surface area (Å²) in [6.07, 6.45) is 2.52. The highest BCUT2D eigenvalue weighted by Gasteiger charge is 2.23. The van der Waals surface area contributed by atoms with Crippen LogP contribution in [0.3, 0.4) is 0 Å². The third kappa shape index (κ3) is 6.24. The first-order valence-corrected chi connectivity index (χ1v) is 9.29. The summed E-state index contributed by atoms with van der Waals surface area (Å²) in [5.41, 5.74) is 6.21. The van der Waals surface area contributed by atoms with E-state index in [0.717, 1.165) is 43.2 Å². The summed E-state index contributed by atoms with van der Waals surface area (Å²) in [5, 5.41) is 3.44. The fraction of sp³-hybridized carbons (Fsp3) is 0.600. The predicted octanol–water partition coefficient (Wildman–Crippen LogP) is 2.53. The van der Waals surface area contributed by atoms with E-state index in [2.05, 4.69) is 21.3 Å². The maximum atomic E-state index is 11.2. The zero-order chi connectivity index (χ0) is 19.2. The second-order valence-corrected chi connectivity index (χ2v) is 7.85. The van der Waals surface area contributed by atoms with Gasteiger partial charge in [-0.2, -0.15) is 0 Å². The van der Waals surface area contributed by atoms with Gasteiger partial charge in [-0.05, 0) is 45.6 Å². The Bertz CT molecular complexity index is 637. The minimum atomic E-state index is -0.243. The van der Waals surface area contributed by atoms with Gasteiger partial charge >= 0.3 is 0 Å². The molecule has 6 nitrogen and oxygen atoms in total. The highest BCUT2D eigenvalue weighted by atomic mass is 16.5.